The Morgan fingerprint density at radius 1 is 0.629 bits per heavy atom. The fourth-order valence-electron chi connectivity index (χ4n) is 17.1. The lowest BCUT2D eigenvalue weighted by Gasteiger charge is -2.42. The molecule has 7 rings (SSSR count). The third-order valence-electron chi connectivity index (χ3n) is 24.1. The van der Waals surface area contributed by atoms with Crippen LogP contribution in [-0.2, 0) is 62.3 Å². The molecule has 7 aliphatic rings. The summed E-state index contributed by atoms with van der Waals surface area (Å²) in [6, 6.07) is -8.66. The predicted octanol–water partition coefficient (Wildman–Crippen LogP) is 6.60. The van der Waals surface area contributed by atoms with Crippen LogP contribution in [-0.4, -0.2) is 276 Å². The standard InChI is InChI=1S/C76H124ClF3N12O13/c1-14-50(7)65-72(102)86(10)45-63(95)84(8)46-64(96)91(35-31-47(2)3)60(42-52-25-23-49(6)24-26-52)70(100)85(9)44-61(93)81-56(30-28-51-27-29-54(55(77)41-51)76(78,79)80)69(99)92-34-19-22-57(92)68(98)83-75(32-17-18-33-75)74(104)89(13)66(53-20-15-16-21-53)73(103)88(12)59(71(101)90-36-38-105-39-37-90)43-62(94)87(11)58(40-48(4)5)67(97)82-65/h47-60,65-66H,14-46H2,1-13H3,(H,81,93)(H,82,97)(H,83,98)/t49?,50-,51?,52?,54?,55?,56-,57-,58-,59-,60-,65-,66-/m0/s1. The molecule has 3 saturated heterocycles. The van der Waals surface area contributed by atoms with Crippen molar-refractivity contribution in [3.63, 3.8) is 0 Å². The zero-order valence-corrected chi connectivity index (χ0v) is 65.7. The molecule has 4 aliphatic carbocycles. The quantitative estimate of drug-likeness (QED) is 0.155. The highest BCUT2D eigenvalue weighted by molar-refractivity contribution is 6.21. The molecule has 0 radical (unpaired) electrons. The minimum Gasteiger partial charge on any atom is -0.378 e. The second kappa shape index (κ2) is 38.7. The molecule has 3 N–H and O–H groups in total. The van der Waals surface area contributed by atoms with Gasteiger partial charge in [-0.15, -0.1) is 11.6 Å². The maximum absolute atomic E-state index is 15.7. The molecule has 25 nitrogen and oxygen atoms in total. The van der Waals surface area contributed by atoms with Gasteiger partial charge in [0.2, 0.25) is 70.9 Å². The number of fused-ring (bicyclic) bond motifs is 1. The Kier molecular flexibility index (Phi) is 31.6. The SMILES string of the molecule is CC[C@H](C)[C@@H]1NC(=O)[C@H](CC(C)C)N(C)C(=O)C[C@@H](C(=O)N2CCOCC2)N(C)C(=O)[C@H](C2CCCC2)N(C)C(=O)C2(CCCC2)NC(=O)[C@@H]2CCCN2C(=O)[C@H](CCC2CCC(C(F)(F)F)C(Cl)C2)NC(=O)CN(C)C(=O)[C@H](CC2CCC(C)CC2)N(CCC(C)C)C(=O)CN(C)C(=O)CN(C)C1=O. The summed E-state index contributed by atoms with van der Waals surface area (Å²) >= 11 is 6.44. The van der Waals surface area contributed by atoms with Crippen LogP contribution in [0.2, 0.25) is 0 Å². The van der Waals surface area contributed by atoms with Gasteiger partial charge in [0, 0.05) is 73.8 Å². The van der Waals surface area contributed by atoms with Gasteiger partial charge in [-0.05, 0) is 131 Å². The second-order valence-electron chi connectivity index (χ2n) is 32.8. The number of carbonyl (C=O) groups is 12. The highest BCUT2D eigenvalue weighted by Gasteiger charge is 2.53. The molecule has 105 heavy (non-hydrogen) atoms. The van der Waals surface area contributed by atoms with Gasteiger partial charge in [0.1, 0.15) is 47.8 Å². The van der Waals surface area contributed by atoms with E-state index in [9.17, 15) is 32.3 Å². The highest BCUT2D eigenvalue weighted by atomic mass is 35.5. The summed E-state index contributed by atoms with van der Waals surface area (Å²) < 4.78 is 47.9. The number of halogens is 4. The zero-order valence-electron chi connectivity index (χ0n) is 64.9. The summed E-state index contributed by atoms with van der Waals surface area (Å²) in [7, 11) is 8.65. The molecule has 11 atom stereocenters. The predicted molar refractivity (Wildman–Crippen MR) is 390 cm³/mol. The molecule has 29 heteroatoms. The van der Waals surface area contributed by atoms with Crippen molar-refractivity contribution >= 4 is 82.5 Å². The Bertz CT molecular complexity index is 3030. The third-order valence-corrected chi connectivity index (χ3v) is 24.5. The first-order valence-corrected chi connectivity index (χ1v) is 39.5. The Hall–Kier alpha value is -6.32. The molecule has 0 bridgehead atoms. The van der Waals surface area contributed by atoms with E-state index in [1.165, 1.54) is 86.4 Å². The highest BCUT2D eigenvalue weighted by Crippen LogP contribution is 2.44. The first-order chi connectivity index (χ1) is 49.5. The van der Waals surface area contributed by atoms with Crippen LogP contribution in [0.4, 0.5) is 13.2 Å². The van der Waals surface area contributed by atoms with Crippen molar-refractivity contribution in [1.82, 2.24) is 60.0 Å². The summed E-state index contributed by atoms with van der Waals surface area (Å²) in [6.45, 7) is 12.7. The molecule has 3 heterocycles. The minimum atomic E-state index is -4.51. The van der Waals surface area contributed by atoms with Crippen molar-refractivity contribution in [2.45, 2.75) is 262 Å². The summed E-state index contributed by atoms with van der Waals surface area (Å²) in [6.07, 6.45) is 4.00. The first kappa shape index (κ1) is 85.9. The number of likely N-dealkylation sites (N-methyl/N-ethyl adjacent to an activating group) is 6. The van der Waals surface area contributed by atoms with Crippen LogP contribution in [0, 0.1) is 47.3 Å². The van der Waals surface area contributed by atoms with Crippen molar-refractivity contribution in [3.8, 4) is 0 Å². The van der Waals surface area contributed by atoms with Gasteiger partial charge in [-0.1, -0.05) is 106 Å². The molecule has 3 aliphatic heterocycles. The molecule has 594 valence electrons. The van der Waals surface area contributed by atoms with E-state index in [1.54, 1.807) is 6.92 Å². The van der Waals surface area contributed by atoms with Crippen molar-refractivity contribution in [2.75, 3.05) is 101 Å². The van der Waals surface area contributed by atoms with Crippen molar-refractivity contribution in [2.24, 2.45) is 47.3 Å². The number of nitrogens with zero attached hydrogens (tertiary/aromatic N) is 9. The Morgan fingerprint density at radius 3 is 1.85 bits per heavy atom. The van der Waals surface area contributed by atoms with E-state index >= 15 is 38.4 Å². The lowest BCUT2D eigenvalue weighted by molar-refractivity contribution is -0.182. The maximum Gasteiger partial charge on any atom is 0.393 e. The first-order valence-electron chi connectivity index (χ1n) is 39.1. The number of alkyl halides is 4. The van der Waals surface area contributed by atoms with E-state index in [-0.39, 0.29) is 127 Å². The fraction of sp³-hybridized carbons (Fsp3) is 0.842. The van der Waals surface area contributed by atoms with Gasteiger partial charge < -0.3 is 64.8 Å². The molecule has 3 unspecified atom stereocenters. The molecule has 12 amide bonds. The van der Waals surface area contributed by atoms with Crippen LogP contribution in [0.5, 0.6) is 0 Å². The van der Waals surface area contributed by atoms with Crippen molar-refractivity contribution in [3.05, 3.63) is 0 Å². The van der Waals surface area contributed by atoms with Crippen LogP contribution in [0.15, 0.2) is 0 Å². The van der Waals surface area contributed by atoms with Gasteiger partial charge >= 0.3 is 6.18 Å². The van der Waals surface area contributed by atoms with Crippen LogP contribution in [0.3, 0.4) is 0 Å². The molecule has 1 spiro atoms. The van der Waals surface area contributed by atoms with E-state index in [2.05, 4.69) is 22.9 Å². The number of carbonyl (C=O) groups excluding carboxylic acids is 12. The smallest absolute Gasteiger partial charge is 0.378 e. The van der Waals surface area contributed by atoms with E-state index in [1.807, 2.05) is 34.6 Å². The number of ether oxygens (including phenoxy) is 1. The largest absolute Gasteiger partial charge is 0.393 e. The van der Waals surface area contributed by atoms with Gasteiger partial charge in [0.25, 0.3) is 0 Å². The Balaban J connectivity index is 1.30. The molecule has 7 fully saturated rings. The number of hydrogen-bond donors (Lipinski definition) is 3. The zero-order chi connectivity index (χ0) is 77.5. The van der Waals surface area contributed by atoms with Gasteiger partial charge in [0.05, 0.1) is 45.2 Å². The summed E-state index contributed by atoms with van der Waals surface area (Å²) in [5, 5.41) is 7.68. The van der Waals surface area contributed by atoms with Crippen LogP contribution in [0.1, 0.15) is 203 Å². The number of amides is 12. The molecule has 0 aromatic heterocycles. The summed E-state index contributed by atoms with van der Waals surface area (Å²) in [5.74, 6) is -10.2. The van der Waals surface area contributed by atoms with Crippen molar-refractivity contribution < 1.29 is 75.4 Å². The number of nitrogens with one attached hydrogen (secondary N) is 3. The summed E-state index contributed by atoms with van der Waals surface area (Å²) in [5.41, 5.74) is -1.56. The third kappa shape index (κ3) is 22.4. The monoisotopic (exact) mass is 1500 g/mol. The minimum absolute atomic E-state index is 0.00230. The number of morpholine rings is 1. The van der Waals surface area contributed by atoms with Gasteiger partial charge in [-0.2, -0.15) is 13.2 Å². The molecular formula is C76H124ClF3N12O13. The Labute approximate surface area is 625 Å². The van der Waals surface area contributed by atoms with Crippen LogP contribution >= 0.6 is 11.6 Å². The van der Waals surface area contributed by atoms with Crippen LogP contribution in [0.25, 0.3) is 0 Å². The molecule has 0 aromatic carbocycles. The average molecular weight is 1510 g/mol. The number of hydrogen-bond acceptors (Lipinski definition) is 13. The Morgan fingerprint density at radius 2 is 1.25 bits per heavy atom. The van der Waals surface area contributed by atoms with Gasteiger partial charge in [-0.3, -0.25) is 57.5 Å². The van der Waals surface area contributed by atoms with E-state index < -0.39 is 174 Å². The fourth-order valence-corrected chi connectivity index (χ4v) is 17.6. The van der Waals surface area contributed by atoms with E-state index in [0.29, 0.717) is 50.9 Å². The van der Waals surface area contributed by atoms with Crippen LogP contribution < -0.4 is 16.0 Å². The lowest BCUT2D eigenvalue weighted by Crippen LogP contribution is -2.65. The molecule has 0 aromatic rings. The average Bonchev–Trinajstić information content (AvgIpc) is 1.72. The number of rotatable bonds is 14. The van der Waals surface area contributed by atoms with E-state index in [4.69, 9.17) is 16.3 Å². The topological polar surface area (TPSA) is 279 Å². The molecular weight excluding hydrogens is 1380 g/mol. The normalized spacial score (nSPS) is 30.4. The van der Waals surface area contributed by atoms with Gasteiger partial charge in [0.15, 0.2) is 0 Å². The summed E-state index contributed by atoms with van der Waals surface area (Å²) in [4.78, 5) is 193. The lowest BCUT2D eigenvalue weighted by atomic mass is 9.78. The molecule has 4 saturated carbocycles. The maximum atomic E-state index is 15.7. The second-order valence-corrected chi connectivity index (χ2v) is 33.4. The van der Waals surface area contributed by atoms with E-state index in [0.717, 1.165) is 38.5 Å². The van der Waals surface area contributed by atoms with Gasteiger partial charge in [-0.25, -0.2) is 0 Å². The van der Waals surface area contributed by atoms with Crippen molar-refractivity contribution in [1.29, 1.82) is 0 Å².